The van der Waals surface area contributed by atoms with Crippen LogP contribution in [0.2, 0.25) is 0 Å². The second-order valence-electron chi connectivity index (χ2n) is 13.5. The molecule has 0 aliphatic carbocycles. The van der Waals surface area contributed by atoms with Crippen molar-refractivity contribution in [3.05, 3.63) is 118 Å². The van der Waals surface area contributed by atoms with Gasteiger partial charge in [-0.25, -0.2) is 0 Å². The molecular formula is C41H48N6O9. The first-order chi connectivity index (χ1) is 26.9. The number of aliphatic hydroxyl groups excluding tert-OH is 1. The molecule has 4 atom stereocenters. The number of aldehydes is 1. The number of carbonyl (C=O) groups excluding carboxylic acids is 5. The van der Waals surface area contributed by atoms with Crippen LogP contribution in [0.15, 0.2) is 91.0 Å². The van der Waals surface area contributed by atoms with Crippen molar-refractivity contribution in [2.75, 3.05) is 20.2 Å². The Morgan fingerprint density at radius 3 is 2.21 bits per heavy atom. The molecular weight excluding hydrogens is 720 g/mol. The largest absolute Gasteiger partial charge is 0.508 e. The standard InChI is InChI=1S/C41H48N6O9/c1-46(38(51)21-16-27-12-17-32(18-13-27)47(55)56)37(23-28-14-19-33(50)20-15-28)41(54)44-31(25-48)10-4-5-22-43-40(53)36(26-49)45-39(52)35(42)24-30-9-6-8-29-7-2-3-11-34(29)30/h2-3,6-9,11-15,17-20,25,31,35-37,49-50H,4-5,10,16,21-24,26,42H2,1H3,(H,43,53)(H,44,54)(H,45,52)/t31-,35+,36+,37+/m1/s1. The zero-order chi connectivity index (χ0) is 40.6. The van der Waals surface area contributed by atoms with Crippen molar-refractivity contribution in [3.63, 3.8) is 0 Å². The van der Waals surface area contributed by atoms with Crippen LogP contribution in [-0.2, 0) is 43.2 Å². The van der Waals surface area contributed by atoms with Crippen LogP contribution in [0, 0.1) is 10.1 Å². The van der Waals surface area contributed by atoms with Crippen molar-refractivity contribution < 1.29 is 39.1 Å². The van der Waals surface area contributed by atoms with Crippen molar-refractivity contribution in [3.8, 4) is 5.75 Å². The lowest BCUT2D eigenvalue weighted by molar-refractivity contribution is -0.384. The number of fused-ring (bicyclic) bond motifs is 1. The Kier molecular flexibility index (Phi) is 16.0. The Morgan fingerprint density at radius 2 is 1.54 bits per heavy atom. The number of hydrogen-bond acceptors (Lipinski definition) is 10. The summed E-state index contributed by atoms with van der Waals surface area (Å²) in [5.74, 6) is -2.07. The van der Waals surface area contributed by atoms with E-state index in [1.807, 2.05) is 42.5 Å². The molecule has 4 aromatic carbocycles. The molecule has 0 aromatic heterocycles. The highest BCUT2D eigenvalue weighted by molar-refractivity contribution is 5.91. The number of rotatable bonds is 21. The maximum absolute atomic E-state index is 13.6. The van der Waals surface area contributed by atoms with Gasteiger partial charge in [-0.1, -0.05) is 66.7 Å². The third-order valence-corrected chi connectivity index (χ3v) is 9.51. The highest BCUT2D eigenvalue weighted by Crippen LogP contribution is 2.20. The average molecular weight is 769 g/mol. The second kappa shape index (κ2) is 21.0. The molecule has 0 heterocycles. The van der Waals surface area contributed by atoms with Gasteiger partial charge in [-0.3, -0.25) is 29.3 Å². The molecule has 15 nitrogen and oxygen atoms in total. The molecule has 0 saturated heterocycles. The predicted octanol–water partition coefficient (Wildman–Crippen LogP) is 2.47. The fourth-order valence-electron chi connectivity index (χ4n) is 6.20. The third kappa shape index (κ3) is 12.4. The van der Waals surface area contributed by atoms with Crippen LogP contribution in [0.4, 0.5) is 5.69 Å². The van der Waals surface area contributed by atoms with Gasteiger partial charge >= 0.3 is 0 Å². The molecule has 0 saturated carbocycles. The number of unbranched alkanes of at least 4 members (excludes halogenated alkanes) is 1. The van der Waals surface area contributed by atoms with Crippen LogP contribution in [0.1, 0.15) is 42.4 Å². The summed E-state index contributed by atoms with van der Waals surface area (Å²) in [7, 11) is 1.49. The summed E-state index contributed by atoms with van der Waals surface area (Å²) < 4.78 is 0. The summed E-state index contributed by atoms with van der Waals surface area (Å²) in [6.07, 6.45) is 2.30. The normalized spacial score (nSPS) is 13.1. The predicted molar refractivity (Wildman–Crippen MR) is 209 cm³/mol. The van der Waals surface area contributed by atoms with Gasteiger partial charge < -0.3 is 41.6 Å². The number of nitrogens with zero attached hydrogens (tertiary/aromatic N) is 2. The Balaban J connectivity index is 1.25. The van der Waals surface area contributed by atoms with Gasteiger partial charge in [0.15, 0.2) is 0 Å². The summed E-state index contributed by atoms with van der Waals surface area (Å²) in [5, 5.41) is 40.4. The van der Waals surface area contributed by atoms with Gasteiger partial charge in [0.25, 0.3) is 5.69 Å². The number of hydrogen-bond donors (Lipinski definition) is 6. The van der Waals surface area contributed by atoms with E-state index in [2.05, 4.69) is 16.0 Å². The molecule has 4 rings (SSSR count). The summed E-state index contributed by atoms with van der Waals surface area (Å²) in [6, 6.07) is 21.4. The Morgan fingerprint density at radius 1 is 0.857 bits per heavy atom. The number of carbonyl (C=O) groups is 5. The number of benzene rings is 4. The van der Waals surface area contributed by atoms with Gasteiger partial charge in [0.2, 0.25) is 23.6 Å². The number of aryl methyl sites for hydroxylation is 1. The van der Waals surface area contributed by atoms with Crippen molar-refractivity contribution in [1.29, 1.82) is 0 Å². The number of non-ortho nitro benzene ring substituents is 1. The van der Waals surface area contributed by atoms with Crippen LogP contribution in [0.5, 0.6) is 5.75 Å². The van der Waals surface area contributed by atoms with Crippen LogP contribution in [-0.4, -0.2) is 94.3 Å². The minimum atomic E-state index is -1.22. The first kappa shape index (κ1) is 42.6. The van der Waals surface area contributed by atoms with Crippen LogP contribution < -0.4 is 21.7 Å². The van der Waals surface area contributed by atoms with E-state index in [0.717, 1.165) is 16.3 Å². The molecule has 0 aliphatic rings. The maximum Gasteiger partial charge on any atom is 0.269 e. The first-order valence-electron chi connectivity index (χ1n) is 18.3. The van der Waals surface area contributed by atoms with Crippen molar-refractivity contribution >= 4 is 46.4 Å². The van der Waals surface area contributed by atoms with Gasteiger partial charge in [0, 0.05) is 38.6 Å². The number of phenols is 1. The number of aromatic hydroxyl groups is 1. The van der Waals surface area contributed by atoms with Gasteiger partial charge in [0.1, 0.15) is 24.1 Å². The SMILES string of the molecule is CN(C(=O)CCc1ccc([N+](=O)[O-])cc1)[C@@H](Cc1ccc(O)cc1)C(=O)N[C@@H](C=O)CCCCNC(=O)[C@H](CO)NC(=O)[C@@H](N)Cc1cccc2ccccc12. The van der Waals surface area contributed by atoms with E-state index in [1.165, 1.54) is 36.2 Å². The zero-order valence-corrected chi connectivity index (χ0v) is 31.1. The van der Waals surface area contributed by atoms with E-state index in [4.69, 9.17) is 5.73 Å². The third-order valence-electron chi connectivity index (χ3n) is 9.51. The molecule has 0 unspecified atom stereocenters. The maximum atomic E-state index is 13.6. The summed E-state index contributed by atoms with van der Waals surface area (Å²) in [5.41, 5.74) is 8.36. The lowest BCUT2D eigenvalue weighted by Crippen LogP contribution is -2.53. The molecule has 15 heteroatoms. The van der Waals surface area contributed by atoms with Crippen molar-refractivity contribution in [2.24, 2.45) is 5.73 Å². The molecule has 296 valence electrons. The fraction of sp³-hybridized carbons (Fsp3) is 0.341. The molecule has 56 heavy (non-hydrogen) atoms. The molecule has 7 N–H and O–H groups in total. The molecule has 4 aromatic rings. The van der Waals surface area contributed by atoms with Crippen LogP contribution >= 0.6 is 0 Å². The lowest BCUT2D eigenvalue weighted by atomic mass is 9.98. The van der Waals surface area contributed by atoms with E-state index >= 15 is 0 Å². The minimum absolute atomic E-state index is 0.0230. The molecule has 4 amide bonds. The van der Waals surface area contributed by atoms with Crippen LogP contribution in [0.25, 0.3) is 10.8 Å². The number of nitrogens with two attached hydrogens (primary N) is 1. The van der Waals surface area contributed by atoms with Gasteiger partial charge in [-0.15, -0.1) is 0 Å². The highest BCUT2D eigenvalue weighted by atomic mass is 16.6. The fourth-order valence-corrected chi connectivity index (χ4v) is 6.20. The summed E-state index contributed by atoms with van der Waals surface area (Å²) in [6.45, 7) is -0.473. The Bertz CT molecular complexity index is 1970. The summed E-state index contributed by atoms with van der Waals surface area (Å²) in [4.78, 5) is 76.2. The molecule has 0 spiro atoms. The number of phenolic OH excluding ortho intramolecular Hbond substituents is 1. The average Bonchev–Trinajstić information content (AvgIpc) is 3.20. The van der Waals surface area contributed by atoms with Crippen molar-refractivity contribution in [2.45, 2.75) is 69.1 Å². The Labute approximate surface area is 324 Å². The van der Waals surface area contributed by atoms with E-state index in [-0.39, 0.29) is 56.0 Å². The lowest BCUT2D eigenvalue weighted by Gasteiger charge is -2.29. The van der Waals surface area contributed by atoms with Gasteiger partial charge in [-0.2, -0.15) is 0 Å². The van der Waals surface area contributed by atoms with E-state index < -0.39 is 53.4 Å². The quantitative estimate of drug-likeness (QED) is 0.0314. The molecule has 0 aliphatic heterocycles. The van der Waals surface area contributed by atoms with Gasteiger partial charge in [-0.05, 0) is 71.7 Å². The number of likely N-dealkylation sites (N-methyl/N-ethyl adjacent to an activating group) is 1. The second-order valence-corrected chi connectivity index (χ2v) is 13.5. The molecule has 0 radical (unpaired) electrons. The molecule has 0 bridgehead atoms. The number of amides is 4. The van der Waals surface area contributed by atoms with E-state index in [9.17, 15) is 44.3 Å². The van der Waals surface area contributed by atoms with E-state index in [1.54, 1.807) is 24.3 Å². The zero-order valence-electron chi connectivity index (χ0n) is 31.1. The number of nitro groups is 1. The topological polar surface area (TPSA) is 234 Å². The number of nitrogens with one attached hydrogen (secondary N) is 3. The highest BCUT2D eigenvalue weighted by Gasteiger charge is 2.29. The minimum Gasteiger partial charge on any atom is -0.508 e. The monoisotopic (exact) mass is 768 g/mol. The molecule has 0 fully saturated rings. The Hall–Kier alpha value is -6.19. The number of aliphatic hydroxyl groups is 1. The van der Waals surface area contributed by atoms with E-state index in [0.29, 0.717) is 30.3 Å². The first-order valence-corrected chi connectivity index (χ1v) is 18.3. The smallest absolute Gasteiger partial charge is 0.269 e. The van der Waals surface area contributed by atoms with Crippen molar-refractivity contribution in [1.82, 2.24) is 20.9 Å². The van der Waals surface area contributed by atoms with Crippen LogP contribution in [0.3, 0.4) is 0 Å². The summed E-state index contributed by atoms with van der Waals surface area (Å²) >= 11 is 0. The number of nitro benzene ring substituents is 1. The van der Waals surface area contributed by atoms with Gasteiger partial charge in [0.05, 0.1) is 23.6 Å².